The number of hydrogen-bond donors (Lipinski definition) is 3. The standard InChI is InChI=1S/C13H28N2O5/c1-2-14-5-3-7-18-9-11-20-12-10-19-8-4-6-15-13(16)17/h14-15H,2-12H2,1H3,(H,16,17). The predicted octanol–water partition coefficient (Wildman–Crippen LogP) is 0.694. The Labute approximate surface area is 121 Å². The monoisotopic (exact) mass is 292 g/mol. The molecule has 0 atom stereocenters. The Morgan fingerprint density at radius 1 is 0.900 bits per heavy atom. The molecule has 0 bridgehead atoms. The molecule has 0 aliphatic carbocycles. The van der Waals surface area contributed by atoms with E-state index in [0.29, 0.717) is 46.0 Å². The Morgan fingerprint density at radius 3 is 1.90 bits per heavy atom. The van der Waals surface area contributed by atoms with Crippen molar-refractivity contribution < 1.29 is 24.1 Å². The number of amides is 1. The molecule has 0 unspecified atom stereocenters. The lowest BCUT2D eigenvalue weighted by atomic mass is 10.4. The molecule has 0 aromatic carbocycles. The minimum atomic E-state index is -1.00. The number of rotatable bonds is 15. The van der Waals surface area contributed by atoms with Crippen molar-refractivity contribution in [2.24, 2.45) is 0 Å². The molecule has 0 aromatic heterocycles. The van der Waals surface area contributed by atoms with Gasteiger partial charge in [0.2, 0.25) is 0 Å². The fourth-order valence-corrected chi connectivity index (χ4v) is 1.39. The lowest BCUT2D eigenvalue weighted by Crippen LogP contribution is -2.23. The Hall–Kier alpha value is -0.890. The minimum absolute atomic E-state index is 0.414. The molecular weight excluding hydrogens is 264 g/mol. The summed E-state index contributed by atoms with van der Waals surface area (Å²) in [4.78, 5) is 10.1. The van der Waals surface area contributed by atoms with Gasteiger partial charge in [-0.3, -0.25) is 0 Å². The van der Waals surface area contributed by atoms with Crippen molar-refractivity contribution in [1.29, 1.82) is 0 Å². The zero-order chi connectivity index (χ0) is 14.9. The van der Waals surface area contributed by atoms with E-state index >= 15 is 0 Å². The van der Waals surface area contributed by atoms with Crippen LogP contribution in [0.25, 0.3) is 0 Å². The highest BCUT2D eigenvalue weighted by Gasteiger charge is 1.94. The van der Waals surface area contributed by atoms with Gasteiger partial charge in [-0.15, -0.1) is 0 Å². The largest absolute Gasteiger partial charge is 0.465 e. The summed E-state index contributed by atoms with van der Waals surface area (Å²) in [6.07, 6.45) is 0.682. The van der Waals surface area contributed by atoms with E-state index in [1.807, 2.05) is 0 Å². The third-order valence-corrected chi connectivity index (χ3v) is 2.38. The van der Waals surface area contributed by atoms with E-state index in [4.69, 9.17) is 19.3 Å². The van der Waals surface area contributed by atoms with E-state index in [2.05, 4.69) is 17.6 Å². The lowest BCUT2D eigenvalue weighted by molar-refractivity contribution is 0.0139. The minimum Gasteiger partial charge on any atom is -0.465 e. The van der Waals surface area contributed by atoms with Crippen molar-refractivity contribution in [3.63, 3.8) is 0 Å². The predicted molar refractivity (Wildman–Crippen MR) is 76.3 cm³/mol. The van der Waals surface area contributed by atoms with E-state index in [9.17, 15) is 4.79 Å². The third kappa shape index (κ3) is 17.1. The number of carbonyl (C=O) groups is 1. The van der Waals surface area contributed by atoms with Crippen LogP contribution in [0.15, 0.2) is 0 Å². The molecule has 1 amide bonds. The molecule has 0 radical (unpaired) electrons. The van der Waals surface area contributed by atoms with Crippen molar-refractivity contribution in [1.82, 2.24) is 10.6 Å². The number of carboxylic acid groups (broad SMARTS) is 1. The van der Waals surface area contributed by atoms with Gasteiger partial charge in [0, 0.05) is 19.8 Å². The highest BCUT2D eigenvalue weighted by molar-refractivity contribution is 5.64. The Morgan fingerprint density at radius 2 is 1.40 bits per heavy atom. The number of ether oxygens (including phenoxy) is 3. The molecule has 0 rings (SSSR count). The van der Waals surface area contributed by atoms with Crippen molar-refractivity contribution in [2.75, 3.05) is 59.3 Å². The summed E-state index contributed by atoms with van der Waals surface area (Å²) in [7, 11) is 0. The summed E-state index contributed by atoms with van der Waals surface area (Å²) in [5.41, 5.74) is 0. The maximum atomic E-state index is 10.1. The van der Waals surface area contributed by atoms with Gasteiger partial charge in [-0.25, -0.2) is 4.79 Å². The second-order valence-electron chi connectivity index (χ2n) is 4.13. The van der Waals surface area contributed by atoms with Crippen LogP contribution in [-0.2, 0) is 14.2 Å². The van der Waals surface area contributed by atoms with E-state index < -0.39 is 6.09 Å². The van der Waals surface area contributed by atoms with Crippen LogP contribution in [0, 0.1) is 0 Å². The Balaban J connectivity index is 2.94. The van der Waals surface area contributed by atoms with E-state index in [0.717, 1.165) is 26.1 Å². The SMILES string of the molecule is CCNCCCOCCOCCOCCCNC(=O)O. The van der Waals surface area contributed by atoms with E-state index in [1.54, 1.807) is 0 Å². The molecule has 0 saturated carbocycles. The molecule has 0 fully saturated rings. The van der Waals surface area contributed by atoms with Crippen LogP contribution in [-0.4, -0.2) is 70.5 Å². The first-order chi connectivity index (χ1) is 9.77. The second-order valence-corrected chi connectivity index (χ2v) is 4.13. The van der Waals surface area contributed by atoms with Gasteiger partial charge in [0.1, 0.15) is 0 Å². The molecule has 0 saturated heterocycles. The van der Waals surface area contributed by atoms with E-state index in [1.165, 1.54) is 0 Å². The van der Waals surface area contributed by atoms with Gasteiger partial charge >= 0.3 is 6.09 Å². The second kappa shape index (κ2) is 16.2. The summed E-state index contributed by atoms with van der Waals surface area (Å²) >= 11 is 0. The van der Waals surface area contributed by atoms with Crippen LogP contribution in [0.4, 0.5) is 4.79 Å². The number of nitrogens with one attached hydrogen (secondary N) is 2. The van der Waals surface area contributed by atoms with Crippen LogP contribution in [0.5, 0.6) is 0 Å². The molecule has 120 valence electrons. The van der Waals surface area contributed by atoms with Crippen LogP contribution in [0.1, 0.15) is 19.8 Å². The number of hydrogen-bond acceptors (Lipinski definition) is 5. The highest BCUT2D eigenvalue weighted by atomic mass is 16.5. The first-order valence-corrected chi connectivity index (χ1v) is 7.18. The average Bonchev–Trinajstić information content (AvgIpc) is 2.43. The molecule has 0 aromatic rings. The zero-order valence-electron chi connectivity index (χ0n) is 12.4. The molecule has 0 aliphatic rings. The van der Waals surface area contributed by atoms with Gasteiger partial charge in [-0.2, -0.15) is 0 Å². The first kappa shape index (κ1) is 19.1. The summed E-state index contributed by atoms with van der Waals surface area (Å²) < 4.78 is 16.0. The van der Waals surface area contributed by atoms with Gasteiger partial charge in [-0.05, 0) is 25.9 Å². The van der Waals surface area contributed by atoms with Gasteiger partial charge in [0.05, 0.1) is 26.4 Å². The van der Waals surface area contributed by atoms with Crippen LogP contribution < -0.4 is 10.6 Å². The van der Waals surface area contributed by atoms with E-state index in [-0.39, 0.29) is 0 Å². The Kier molecular flexibility index (Phi) is 15.4. The fourth-order valence-electron chi connectivity index (χ4n) is 1.39. The van der Waals surface area contributed by atoms with Crippen molar-refractivity contribution in [2.45, 2.75) is 19.8 Å². The Bertz CT molecular complexity index is 217. The van der Waals surface area contributed by atoms with Gasteiger partial charge < -0.3 is 30.0 Å². The highest BCUT2D eigenvalue weighted by Crippen LogP contribution is 1.85. The average molecular weight is 292 g/mol. The van der Waals surface area contributed by atoms with Crippen LogP contribution in [0.2, 0.25) is 0 Å². The molecule has 3 N–H and O–H groups in total. The molecule has 0 heterocycles. The van der Waals surface area contributed by atoms with Gasteiger partial charge in [0.15, 0.2) is 0 Å². The maximum Gasteiger partial charge on any atom is 0.404 e. The topological polar surface area (TPSA) is 89.0 Å². The molecule has 0 spiro atoms. The smallest absolute Gasteiger partial charge is 0.404 e. The van der Waals surface area contributed by atoms with Gasteiger partial charge in [-0.1, -0.05) is 6.92 Å². The maximum absolute atomic E-state index is 10.1. The normalized spacial score (nSPS) is 10.7. The van der Waals surface area contributed by atoms with Crippen LogP contribution >= 0.6 is 0 Å². The summed E-state index contributed by atoms with van der Waals surface area (Å²) in [5, 5.41) is 13.8. The zero-order valence-corrected chi connectivity index (χ0v) is 12.4. The van der Waals surface area contributed by atoms with Crippen molar-refractivity contribution >= 4 is 6.09 Å². The molecule has 7 nitrogen and oxygen atoms in total. The third-order valence-electron chi connectivity index (χ3n) is 2.38. The van der Waals surface area contributed by atoms with Crippen molar-refractivity contribution in [3.05, 3.63) is 0 Å². The first-order valence-electron chi connectivity index (χ1n) is 7.18. The summed E-state index contributed by atoms with van der Waals surface area (Å²) in [6.45, 7) is 8.00. The quantitative estimate of drug-likeness (QED) is 0.385. The molecule has 20 heavy (non-hydrogen) atoms. The molecule has 7 heteroatoms. The van der Waals surface area contributed by atoms with Crippen molar-refractivity contribution in [3.8, 4) is 0 Å². The summed E-state index contributed by atoms with van der Waals surface area (Å²) in [6, 6.07) is 0. The summed E-state index contributed by atoms with van der Waals surface area (Å²) in [5.74, 6) is 0. The van der Waals surface area contributed by atoms with Gasteiger partial charge in [0.25, 0.3) is 0 Å². The lowest BCUT2D eigenvalue weighted by Gasteiger charge is -2.07. The molecule has 0 aliphatic heterocycles. The van der Waals surface area contributed by atoms with Crippen LogP contribution in [0.3, 0.4) is 0 Å². The fraction of sp³-hybridized carbons (Fsp3) is 0.923. The molecular formula is C13H28N2O5.